The second kappa shape index (κ2) is 8.75. The number of nitrogens with one attached hydrogen (secondary N) is 1. The van der Waals surface area contributed by atoms with Crippen molar-refractivity contribution in [1.82, 2.24) is 10.2 Å². The van der Waals surface area contributed by atoms with Gasteiger partial charge < -0.3 is 5.32 Å². The van der Waals surface area contributed by atoms with Gasteiger partial charge in [-0.05, 0) is 61.0 Å². The first-order valence-electron chi connectivity index (χ1n) is 11.4. The van der Waals surface area contributed by atoms with Gasteiger partial charge >= 0.3 is 0 Å². The standard InChI is InChI=1S/C28H32N2/c1-21-10-8-9-15-25(21)20-29-27-24-16-18-30(19-17-24)28(27)26(22-11-4-2-5-12-22)23-13-6-3-7-14-23/h2-15,24,26-29H,16-20H2,1H3/t27-,28+/m1/s1. The lowest BCUT2D eigenvalue weighted by Gasteiger charge is -2.54. The van der Waals surface area contributed by atoms with E-state index in [1.165, 1.54) is 48.2 Å². The predicted molar refractivity (Wildman–Crippen MR) is 125 cm³/mol. The van der Waals surface area contributed by atoms with Crippen LogP contribution >= 0.6 is 0 Å². The van der Waals surface area contributed by atoms with E-state index in [1.54, 1.807) is 0 Å². The number of nitrogens with zero attached hydrogens (tertiary/aromatic N) is 1. The molecule has 3 fully saturated rings. The van der Waals surface area contributed by atoms with Crippen LogP contribution in [0.5, 0.6) is 0 Å². The van der Waals surface area contributed by atoms with Crippen molar-refractivity contribution in [1.29, 1.82) is 0 Å². The SMILES string of the molecule is Cc1ccccc1CN[C@@H]1C2CCN(CC2)[C@H]1C(c1ccccc1)c1ccccc1. The van der Waals surface area contributed by atoms with Gasteiger partial charge in [-0.3, -0.25) is 4.90 Å². The molecular formula is C28H32N2. The highest BCUT2D eigenvalue weighted by molar-refractivity contribution is 5.36. The monoisotopic (exact) mass is 396 g/mol. The van der Waals surface area contributed by atoms with E-state index >= 15 is 0 Å². The van der Waals surface area contributed by atoms with Crippen LogP contribution in [0.25, 0.3) is 0 Å². The highest BCUT2D eigenvalue weighted by Gasteiger charge is 2.46. The van der Waals surface area contributed by atoms with Crippen molar-refractivity contribution in [2.24, 2.45) is 5.92 Å². The maximum absolute atomic E-state index is 4.04. The summed E-state index contributed by atoms with van der Waals surface area (Å²) in [4.78, 5) is 2.76. The van der Waals surface area contributed by atoms with Gasteiger partial charge in [-0.1, -0.05) is 84.9 Å². The summed E-state index contributed by atoms with van der Waals surface area (Å²) < 4.78 is 0. The van der Waals surface area contributed by atoms with Gasteiger partial charge in [0.15, 0.2) is 0 Å². The van der Waals surface area contributed by atoms with E-state index in [4.69, 9.17) is 0 Å². The highest BCUT2D eigenvalue weighted by Crippen LogP contribution is 2.42. The molecular weight excluding hydrogens is 364 g/mol. The van der Waals surface area contributed by atoms with Crippen LogP contribution in [-0.2, 0) is 6.54 Å². The summed E-state index contributed by atoms with van der Waals surface area (Å²) in [6.45, 7) is 5.64. The fourth-order valence-electron chi connectivity index (χ4n) is 5.73. The van der Waals surface area contributed by atoms with E-state index in [9.17, 15) is 0 Å². The Morgan fingerprint density at radius 1 is 0.800 bits per heavy atom. The smallest absolute Gasteiger partial charge is 0.0361 e. The van der Waals surface area contributed by atoms with Gasteiger partial charge in [0.05, 0.1) is 0 Å². The molecule has 0 aromatic heterocycles. The predicted octanol–water partition coefficient (Wildman–Crippen LogP) is 5.38. The van der Waals surface area contributed by atoms with Gasteiger partial charge in [0.25, 0.3) is 0 Å². The summed E-state index contributed by atoms with van der Waals surface area (Å²) in [5, 5.41) is 4.04. The molecule has 0 unspecified atom stereocenters. The van der Waals surface area contributed by atoms with Gasteiger partial charge in [-0.15, -0.1) is 0 Å². The molecule has 154 valence electrons. The molecule has 2 bridgehead atoms. The zero-order valence-electron chi connectivity index (χ0n) is 17.9. The van der Waals surface area contributed by atoms with Crippen LogP contribution in [0.2, 0.25) is 0 Å². The lowest BCUT2D eigenvalue weighted by molar-refractivity contribution is 0.00466. The number of hydrogen-bond acceptors (Lipinski definition) is 2. The Bertz CT molecular complexity index is 905. The number of hydrogen-bond donors (Lipinski definition) is 1. The number of benzene rings is 3. The molecule has 3 aromatic carbocycles. The summed E-state index contributed by atoms with van der Waals surface area (Å²) in [5.74, 6) is 1.16. The Balaban J connectivity index is 1.50. The summed E-state index contributed by atoms with van der Waals surface area (Å²) in [6, 6.07) is 32.1. The third kappa shape index (κ3) is 3.82. The van der Waals surface area contributed by atoms with E-state index in [1.807, 2.05) is 0 Å². The minimum absolute atomic E-state index is 0.393. The van der Waals surface area contributed by atoms with Crippen molar-refractivity contribution < 1.29 is 0 Å². The molecule has 30 heavy (non-hydrogen) atoms. The van der Waals surface area contributed by atoms with Crippen molar-refractivity contribution in [2.45, 2.75) is 44.3 Å². The second-order valence-corrected chi connectivity index (χ2v) is 9.00. The molecule has 0 spiro atoms. The van der Waals surface area contributed by atoms with Crippen molar-refractivity contribution in [2.75, 3.05) is 13.1 Å². The van der Waals surface area contributed by atoms with Crippen LogP contribution in [0, 0.1) is 12.8 Å². The van der Waals surface area contributed by atoms with E-state index in [-0.39, 0.29) is 0 Å². The van der Waals surface area contributed by atoms with Crippen LogP contribution in [-0.4, -0.2) is 30.1 Å². The van der Waals surface area contributed by atoms with Gasteiger partial charge in [0, 0.05) is 24.5 Å². The van der Waals surface area contributed by atoms with Crippen LogP contribution in [0.4, 0.5) is 0 Å². The molecule has 0 aliphatic carbocycles. The molecule has 0 amide bonds. The quantitative estimate of drug-likeness (QED) is 0.602. The molecule has 3 heterocycles. The fourth-order valence-corrected chi connectivity index (χ4v) is 5.73. The Morgan fingerprint density at radius 2 is 1.37 bits per heavy atom. The van der Waals surface area contributed by atoms with E-state index < -0.39 is 0 Å². The van der Waals surface area contributed by atoms with Gasteiger partial charge in [0.1, 0.15) is 0 Å². The first kappa shape index (κ1) is 19.5. The second-order valence-electron chi connectivity index (χ2n) is 9.00. The lowest BCUT2D eigenvalue weighted by Crippen LogP contribution is -2.64. The third-order valence-corrected chi connectivity index (χ3v) is 7.32. The van der Waals surface area contributed by atoms with Crippen LogP contribution in [0.1, 0.15) is 41.0 Å². The van der Waals surface area contributed by atoms with Crippen molar-refractivity contribution in [3.63, 3.8) is 0 Å². The molecule has 0 radical (unpaired) electrons. The lowest BCUT2D eigenvalue weighted by atomic mass is 9.70. The van der Waals surface area contributed by atoms with E-state index in [0.717, 1.165) is 12.5 Å². The van der Waals surface area contributed by atoms with Crippen molar-refractivity contribution in [3.8, 4) is 0 Å². The maximum atomic E-state index is 4.04. The third-order valence-electron chi connectivity index (χ3n) is 7.32. The van der Waals surface area contributed by atoms with Gasteiger partial charge in [-0.25, -0.2) is 0 Å². The number of piperidine rings is 3. The average Bonchev–Trinajstić information content (AvgIpc) is 2.81. The molecule has 6 rings (SSSR count). The summed E-state index contributed by atoms with van der Waals surface area (Å²) in [7, 11) is 0. The first-order valence-corrected chi connectivity index (χ1v) is 11.4. The van der Waals surface area contributed by atoms with E-state index in [2.05, 4.69) is 102 Å². The molecule has 3 aliphatic heterocycles. The molecule has 1 N–H and O–H groups in total. The first-order chi connectivity index (χ1) is 14.8. The Kier molecular flexibility index (Phi) is 5.70. The van der Waals surface area contributed by atoms with E-state index in [0.29, 0.717) is 18.0 Å². The topological polar surface area (TPSA) is 15.3 Å². The summed E-state index contributed by atoms with van der Waals surface area (Å²) >= 11 is 0. The molecule has 2 nitrogen and oxygen atoms in total. The van der Waals surface area contributed by atoms with Crippen molar-refractivity contribution in [3.05, 3.63) is 107 Å². The number of fused-ring (bicyclic) bond motifs is 3. The molecule has 2 heteroatoms. The van der Waals surface area contributed by atoms with Gasteiger partial charge in [-0.2, -0.15) is 0 Å². The van der Waals surface area contributed by atoms with Crippen LogP contribution in [0.15, 0.2) is 84.9 Å². The maximum Gasteiger partial charge on any atom is 0.0361 e. The molecule has 2 atom stereocenters. The highest BCUT2D eigenvalue weighted by atomic mass is 15.2. The van der Waals surface area contributed by atoms with Gasteiger partial charge in [0.2, 0.25) is 0 Å². The van der Waals surface area contributed by atoms with Crippen LogP contribution < -0.4 is 5.32 Å². The minimum atomic E-state index is 0.393. The molecule has 3 saturated heterocycles. The average molecular weight is 397 g/mol. The summed E-state index contributed by atoms with van der Waals surface area (Å²) in [5.41, 5.74) is 5.67. The Hall–Kier alpha value is -2.42. The number of aryl methyl sites for hydroxylation is 1. The zero-order chi connectivity index (χ0) is 20.3. The Morgan fingerprint density at radius 3 is 1.97 bits per heavy atom. The largest absolute Gasteiger partial charge is 0.308 e. The summed E-state index contributed by atoms with van der Waals surface area (Å²) in [6.07, 6.45) is 2.64. The minimum Gasteiger partial charge on any atom is -0.308 e. The molecule has 3 aromatic rings. The zero-order valence-corrected chi connectivity index (χ0v) is 17.9. The Labute approximate surface area is 180 Å². The number of rotatable bonds is 6. The molecule has 0 saturated carbocycles. The van der Waals surface area contributed by atoms with Crippen LogP contribution in [0.3, 0.4) is 0 Å². The molecule has 3 aliphatic rings. The fraction of sp³-hybridized carbons (Fsp3) is 0.357. The normalized spacial score (nSPS) is 25.5. The van der Waals surface area contributed by atoms with Crippen molar-refractivity contribution >= 4 is 0 Å².